The molecule has 5 nitrogen and oxygen atoms in total. The number of nitrogens with zero attached hydrogens (tertiary/aromatic N) is 2. The average Bonchev–Trinajstić information content (AvgIpc) is 2.41. The molecule has 0 saturated carbocycles. The second-order valence-corrected chi connectivity index (χ2v) is 5.90. The van der Waals surface area contributed by atoms with Gasteiger partial charge in [-0.25, -0.2) is 17.8 Å². The molecule has 20 heavy (non-hydrogen) atoms. The molecule has 0 aliphatic carbocycles. The lowest BCUT2D eigenvalue weighted by atomic mass is 10.3. The molecule has 1 aromatic heterocycles. The Morgan fingerprint density at radius 3 is 2.60 bits per heavy atom. The van der Waals surface area contributed by atoms with Gasteiger partial charge in [-0.2, -0.15) is 0 Å². The molecule has 1 heterocycles. The maximum Gasteiger partial charge on any atom is 0.264 e. The largest absolute Gasteiger partial charge is 0.384 e. The highest BCUT2D eigenvalue weighted by Crippen LogP contribution is 2.26. The highest BCUT2D eigenvalue weighted by Gasteiger charge is 2.25. The highest BCUT2D eigenvalue weighted by atomic mass is 32.2. The minimum atomic E-state index is -3.88. The molecule has 0 atom stereocenters. The smallest absolute Gasteiger partial charge is 0.264 e. The molecule has 2 N–H and O–H groups in total. The molecule has 106 valence electrons. The van der Waals surface area contributed by atoms with Gasteiger partial charge in [-0.15, -0.1) is 0 Å². The first kappa shape index (κ1) is 14.3. The number of halogens is 1. The number of rotatable bonds is 4. The van der Waals surface area contributed by atoms with Gasteiger partial charge < -0.3 is 5.73 Å². The molecule has 7 heteroatoms. The van der Waals surface area contributed by atoms with Crippen LogP contribution in [-0.4, -0.2) is 19.9 Å². The Kier molecular flexibility index (Phi) is 3.89. The van der Waals surface area contributed by atoms with Crippen molar-refractivity contribution in [2.45, 2.75) is 11.8 Å². The van der Waals surface area contributed by atoms with Gasteiger partial charge in [0.25, 0.3) is 10.0 Å². The van der Waals surface area contributed by atoms with Crippen LogP contribution in [0.25, 0.3) is 0 Å². The van der Waals surface area contributed by atoms with E-state index in [1.54, 1.807) is 13.0 Å². The second kappa shape index (κ2) is 5.46. The Hall–Kier alpha value is -2.15. The van der Waals surface area contributed by atoms with Gasteiger partial charge in [0.15, 0.2) is 0 Å². The van der Waals surface area contributed by atoms with Crippen molar-refractivity contribution < 1.29 is 12.8 Å². The van der Waals surface area contributed by atoms with Gasteiger partial charge in [0, 0.05) is 18.8 Å². The van der Waals surface area contributed by atoms with E-state index in [1.165, 1.54) is 36.5 Å². The third kappa shape index (κ3) is 2.57. The standard InChI is InChI=1S/C13H14FN3O2S/c1-2-17(12-6-4-3-5-11(12)14)20(18,19)10-7-8-16-13(15)9-10/h3-9H,2H2,1H3,(H2,15,16). The van der Waals surface area contributed by atoms with Crippen molar-refractivity contribution in [2.24, 2.45) is 0 Å². The van der Waals surface area contributed by atoms with Crippen LogP contribution in [0.15, 0.2) is 47.5 Å². The molecule has 2 aromatic rings. The lowest BCUT2D eigenvalue weighted by Gasteiger charge is -2.23. The van der Waals surface area contributed by atoms with Crippen molar-refractivity contribution in [1.82, 2.24) is 4.98 Å². The Morgan fingerprint density at radius 1 is 1.30 bits per heavy atom. The van der Waals surface area contributed by atoms with Crippen molar-refractivity contribution in [3.8, 4) is 0 Å². The van der Waals surface area contributed by atoms with Crippen molar-refractivity contribution in [2.75, 3.05) is 16.6 Å². The van der Waals surface area contributed by atoms with E-state index < -0.39 is 15.8 Å². The minimum Gasteiger partial charge on any atom is -0.384 e. The predicted octanol–water partition coefficient (Wildman–Crippen LogP) is 2.02. The second-order valence-electron chi connectivity index (χ2n) is 4.04. The summed E-state index contributed by atoms with van der Waals surface area (Å²) >= 11 is 0. The van der Waals surface area contributed by atoms with Crippen LogP contribution in [-0.2, 0) is 10.0 Å². The summed E-state index contributed by atoms with van der Waals surface area (Å²) in [5.41, 5.74) is 5.50. The number of nitrogens with two attached hydrogens (primary N) is 1. The third-order valence-electron chi connectivity index (χ3n) is 2.75. The van der Waals surface area contributed by atoms with Crippen LogP contribution in [0.1, 0.15) is 6.92 Å². The normalized spacial score (nSPS) is 11.3. The van der Waals surface area contributed by atoms with E-state index in [0.717, 1.165) is 4.31 Å². The van der Waals surface area contributed by atoms with Crippen LogP contribution >= 0.6 is 0 Å². The van der Waals surface area contributed by atoms with Crippen molar-refractivity contribution in [3.63, 3.8) is 0 Å². The van der Waals surface area contributed by atoms with Gasteiger partial charge in [-0.05, 0) is 25.1 Å². The number of benzene rings is 1. The summed E-state index contributed by atoms with van der Waals surface area (Å²) in [6.45, 7) is 1.74. The molecule has 1 aromatic carbocycles. The van der Waals surface area contributed by atoms with Crippen LogP contribution in [0.3, 0.4) is 0 Å². The van der Waals surface area contributed by atoms with Crippen LogP contribution in [0.4, 0.5) is 15.9 Å². The number of aromatic nitrogens is 1. The number of nitrogen functional groups attached to an aromatic ring is 1. The molecule has 0 spiro atoms. The fourth-order valence-electron chi connectivity index (χ4n) is 1.84. The summed E-state index contributed by atoms with van der Waals surface area (Å²) in [6, 6.07) is 8.30. The summed E-state index contributed by atoms with van der Waals surface area (Å²) in [5.74, 6) is -0.504. The maximum absolute atomic E-state index is 13.8. The average molecular weight is 295 g/mol. The van der Waals surface area contributed by atoms with Gasteiger partial charge in [-0.1, -0.05) is 12.1 Å². The summed E-state index contributed by atoms with van der Waals surface area (Å²) in [7, 11) is -3.88. The lowest BCUT2D eigenvalue weighted by Crippen LogP contribution is -2.31. The molecule has 0 fully saturated rings. The summed E-state index contributed by atoms with van der Waals surface area (Å²) in [6.07, 6.45) is 1.30. The zero-order valence-electron chi connectivity index (χ0n) is 10.8. The number of hydrogen-bond acceptors (Lipinski definition) is 4. The van der Waals surface area contributed by atoms with Crippen LogP contribution in [0.5, 0.6) is 0 Å². The van der Waals surface area contributed by atoms with E-state index in [9.17, 15) is 12.8 Å². The van der Waals surface area contributed by atoms with E-state index in [4.69, 9.17) is 5.73 Å². The Morgan fingerprint density at radius 2 is 2.00 bits per heavy atom. The van der Waals surface area contributed by atoms with E-state index in [1.807, 2.05) is 0 Å². The molecule has 0 saturated heterocycles. The third-order valence-corrected chi connectivity index (χ3v) is 4.63. The van der Waals surface area contributed by atoms with Gasteiger partial charge in [-0.3, -0.25) is 4.31 Å². The quantitative estimate of drug-likeness (QED) is 0.936. The van der Waals surface area contributed by atoms with E-state index in [2.05, 4.69) is 4.98 Å². The maximum atomic E-state index is 13.8. The molecule has 0 bridgehead atoms. The fourth-order valence-corrected chi connectivity index (χ4v) is 3.34. The monoisotopic (exact) mass is 295 g/mol. The Balaban J connectivity index is 2.54. The first-order valence-electron chi connectivity index (χ1n) is 5.95. The molecule has 0 aliphatic heterocycles. The molecule has 0 aliphatic rings. The molecule has 2 rings (SSSR count). The highest BCUT2D eigenvalue weighted by molar-refractivity contribution is 7.92. The van der Waals surface area contributed by atoms with Gasteiger partial charge in [0.05, 0.1) is 10.6 Å². The molecular weight excluding hydrogens is 281 g/mol. The topological polar surface area (TPSA) is 76.3 Å². The number of sulfonamides is 1. The van der Waals surface area contributed by atoms with Gasteiger partial charge in [0.2, 0.25) is 0 Å². The summed E-state index contributed by atoms with van der Waals surface area (Å²) in [5, 5.41) is 0. The first-order valence-corrected chi connectivity index (χ1v) is 7.39. The van der Waals surface area contributed by atoms with Gasteiger partial charge in [0.1, 0.15) is 11.6 Å². The van der Waals surface area contributed by atoms with Crippen LogP contribution < -0.4 is 10.0 Å². The number of para-hydroxylation sites is 1. The van der Waals surface area contributed by atoms with Crippen molar-refractivity contribution >= 4 is 21.5 Å². The molecule has 0 amide bonds. The van der Waals surface area contributed by atoms with Gasteiger partial charge >= 0.3 is 0 Å². The zero-order valence-corrected chi connectivity index (χ0v) is 11.6. The van der Waals surface area contributed by atoms with E-state index >= 15 is 0 Å². The van der Waals surface area contributed by atoms with E-state index in [-0.39, 0.29) is 22.9 Å². The van der Waals surface area contributed by atoms with Crippen molar-refractivity contribution in [3.05, 3.63) is 48.4 Å². The molecular formula is C13H14FN3O2S. The summed E-state index contributed by atoms with van der Waals surface area (Å²) in [4.78, 5) is 3.73. The molecule has 0 radical (unpaired) electrons. The number of pyridine rings is 1. The lowest BCUT2D eigenvalue weighted by molar-refractivity contribution is 0.586. The Bertz CT molecular complexity index is 719. The number of anilines is 2. The first-order chi connectivity index (χ1) is 9.46. The molecule has 0 unspecified atom stereocenters. The minimum absolute atomic E-state index is 0.00498. The van der Waals surface area contributed by atoms with E-state index in [0.29, 0.717) is 0 Å². The zero-order chi connectivity index (χ0) is 14.8. The number of hydrogen-bond donors (Lipinski definition) is 1. The SMILES string of the molecule is CCN(c1ccccc1F)S(=O)(=O)c1ccnc(N)c1. The predicted molar refractivity (Wildman–Crippen MR) is 75.3 cm³/mol. The Labute approximate surface area is 116 Å². The van der Waals surface area contributed by atoms with Crippen molar-refractivity contribution in [1.29, 1.82) is 0 Å². The summed E-state index contributed by atoms with van der Waals surface area (Å²) < 4.78 is 39.9. The van der Waals surface area contributed by atoms with Crippen LogP contribution in [0.2, 0.25) is 0 Å². The van der Waals surface area contributed by atoms with Crippen LogP contribution in [0, 0.1) is 5.82 Å². The fraction of sp³-hybridized carbons (Fsp3) is 0.154.